The van der Waals surface area contributed by atoms with Crippen LogP contribution in [0.3, 0.4) is 0 Å². The average Bonchev–Trinajstić information content (AvgIpc) is 3.29. The predicted molar refractivity (Wildman–Crippen MR) is 77.1 cm³/mol. The van der Waals surface area contributed by atoms with E-state index < -0.39 is 0 Å². The maximum absolute atomic E-state index is 5.83. The standard InChI is InChI=1S/C17H19NO.ClH/c1-2-5-14(6-3-1)13-19-17-8-4-7-15(11-17)12-18-16-9-10-16;/h1-8,11,16,18H,9-10,12-13H2;1H/p-1. The van der Waals surface area contributed by atoms with Gasteiger partial charge in [-0.25, -0.2) is 0 Å². The molecule has 0 bridgehead atoms. The van der Waals surface area contributed by atoms with Crippen molar-refractivity contribution in [1.82, 2.24) is 5.32 Å². The molecule has 20 heavy (non-hydrogen) atoms. The van der Waals surface area contributed by atoms with Gasteiger partial charge in [0.15, 0.2) is 0 Å². The average molecular weight is 289 g/mol. The quantitative estimate of drug-likeness (QED) is 0.837. The Hall–Kier alpha value is -1.51. The molecule has 1 aliphatic carbocycles. The molecule has 0 unspecified atom stereocenters. The molecule has 1 fully saturated rings. The topological polar surface area (TPSA) is 21.3 Å². The first-order valence-corrected chi connectivity index (χ1v) is 6.89. The Labute approximate surface area is 126 Å². The summed E-state index contributed by atoms with van der Waals surface area (Å²) in [7, 11) is 0. The third kappa shape index (κ3) is 4.55. The van der Waals surface area contributed by atoms with E-state index >= 15 is 0 Å². The molecule has 0 amide bonds. The SMILES string of the molecule is [Cl-].c1ccc(COc2cccc(CNC3CC3)c2)cc1. The first-order valence-electron chi connectivity index (χ1n) is 6.89. The summed E-state index contributed by atoms with van der Waals surface area (Å²) in [6.45, 7) is 1.56. The Morgan fingerprint density at radius 1 is 0.950 bits per heavy atom. The monoisotopic (exact) mass is 288 g/mol. The minimum atomic E-state index is 0. The zero-order valence-electron chi connectivity index (χ0n) is 11.4. The van der Waals surface area contributed by atoms with Crippen molar-refractivity contribution in [2.45, 2.75) is 32.0 Å². The number of nitrogens with one attached hydrogen (secondary N) is 1. The summed E-state index contributed by atoms with van der Waals surface area (Å²) in [5.41, 5.74) is 2.49. The van der Waals surface area contributed by atoms with Gasteiger partial charge < -0.3 is 22.5 Å². The molecule has 106 valence electrons. The van der Waals surface area contributed by atoms with Crippen LogP contribution >= 0.6 is 0 Å². The summed E-state index contributed by atoms with van der Waals surface area (Å²) >= 11 is 0. The summed E-state index contributed by atoms with van der Waals surface area (Å²) in [4.78, 5) is 0. The number of hydrogen-bond acceptors (Lipinski definition) is 2. The Morgan fingerprint density at radius 3 is 2.45 bits per heavy atom. The van der Waals surface area contributed by atoms with Crippen LogP contribution in [0.4, 0.5) is 0 Å². The van der Waals surface area contributed by atoms with Gasteiger partial charge in [0, 0.05) is 12.6 Å². The van der Waals surface area contributed by atoms with Crippen LogP contribution in [0.5, 0.6) is 5.75 Å². The van der Waals surface area contributed by atoms with Crippen molar-refractivity contribution in [1.29, 1.82) is 0 Å². The number of benzene rings is 2. The maximum Gasteiger partial charge on any atom is 0.120 e. The van der Waals surface area contributed by atoms with Gasteiger partial charge in [0.1, 0.15) is 12.4 Å². The van der Waals surface area contributed by atoms with Gasteiger partial charge in [0.2, 0.25) is 0 Å². The normalized spacial score (nSPS) is 13.6. The number of hydrogen-bond donors (Lipinski definition) is 1. The Balaban J connectivity index is 0.00000147. The van der Waals surface area contributed by atoms with Crippen molar-refractivity contribution in [3.05, 3.63) is 65.7 Å². The van der Waals surface area contributed by atoms with Crippen molar-refractivity contribution in [2.24, 2.45) is 0 Å². The van der Waals surface area contributed by atoms with Gasteiger partial charge in [-0.1, -0.05) is 42.5 Å². The van der Waals surface area contributed by atoms with Crippen LogP contribution in [0.15, 0.2) is 54.6 Å². The molecule has 0 atom stereocenters. The van der Waals surface area contributed by atoms with Crippen molar-refractivity contribution in [3.63, 3.8) is 0 Å². The van der Waals surface area contributed by atoms with Crippen LogP contribution in [-0.2, 0) is 13.2 Å². The van der Waals surface area contributed by atoms with Gasteiger partial charge in [-0.2, -0.15) is 0 Å². The Morgan fingerprint density at radius 2 is 1.70 bits per heavy atom. The lowest BCUT2D eigenvalue weighted by molar-refractivity contribution is -0.00000427. The highest BCUT2D eigenvalue weighted by Gasteiger charge is 2.19. The van der Waals surface area contributed by atoms with Crippen molar-refractivity contribution in [2.75, 3.05) is 0 Å². The second-order valence-electron chi connectivity index (χ2n) is 5.08. The molecule has 0 aromatic heterocycles. The van der Waals surface area contributed by atoms with E-state index in [0.717, 1.165) is 18.3 Å². The molecule has 1 saturated carbocycles. The van der Waals surface area contributed by atoms with Crippen LogP contribution < -0.4 is 22.5 Å². The van der Waals surface area contributed by atoms with Crippen molar-refractivity contribution in [3.8, 4) is 5.75 Å². The number of halogens is 1. The van der Waals surface area contributed by atoms with Gasteiger partial charge in [-0.15, -0.1) is 0 Å². The van der Waals surface area contributed by atoms with E-state index in [1.165, 1.54) is 24.0 Å². The van der Waals surface area contributed by atoms with Crippen LogP contribution in [0.2, 0.25) is 0 Å². The van der Waals surface area contributed by atoms with E-state index in [2.05, 4.69) is 35.6 Å². The van der Waals surface area contributed by atoms with Crippen molar-refractivity contribution >= 4 is 0 Å². The summed E-state index contributed by atoms with van der Waals surface area (Å²) in [5, 5.41) is 3.52. The summed E-state index contributed by atoms with van der Waals surface area (Å²) in [5.74, 6) is 0.943. The largest absolute Gasteiger partial charge is 1.00 e. The Kier molecular flexibility index (Phi) is 5.45. The minimum absolute atomic E-state index is 0. The fraction of sp³-hybridized carbons (Fsp3) is 0.294. The van der Waals surface area contributed by atoms with E-state index in [0.29, 0.717) is 6.61 Å². The lowest BCUT2D eigenvalue weighted by Gasteiger charge is -2.08. The molecule has 2 aromatic carbocycles. The third-order valence-corrected chi connectivity index (χ3v) is 3.32. The lowest BCUT2D eigenvalue weighted by Crippen LogP contribution is -3.00. The van der Waals surface area contributed by atoms with E-state index in [1.54, 1.807) is 0 Å². The summed E-state index contributed by atoms with van der Waals surface area (Å²) in [6.07, 6.45) is 2.65. The molecule has 0 spiro atoms. The smallest absolute Gasteiger partial charge is 0.120 e. The van der Waals surface area contributed by atoms with Crippen LogP contribution in [0.1, 0.15) is 24.0 Å². The zero-order chi connectivity index (χ0) is 12.9. The second-order valence-corrected chi connectivity index (χ2v) is 5.08. The molecule has 1 N–H and O–H groups in total. The minimum Gasteiger partial charge on any atom is -1.00 e. The van der Waals surface area contributed by atoms with E-state index in [9.17, 15) is 0 Å². The lowest BCUT2D eigenvalue weighted by atomic mass is 10.2. The zero-order valence-corrected chi connectivity index (χ0v) is 12.1. The predicted octanol–water partition coefficient (Wildman–Crippen LogP) is 0.522. The molecule has 3 rings (SSSR count). The Bertz CT molecular complexity index is 526. The number of rotatable bonds is 6. The van der Waals surface area contributed by atoms with Gasteiger partial charge in [-0.05, 0) is 36.1 Å². The van der Waals surface area contributed by atoms with Crippen molar-refractivity contribution < 1.29 is 17.1 Å². The number of ether oxygens (including phenoxy) is 1. The van der Waals surface area contributed by atoms with E-state index in [1.807, 2.05) is 24.3 Å². The highest BCUT2D eigenvalue weighted by Crippen LogP contribution is 2.20. The maximum atomic E-state index is 5.83. The molecular formula is C17H19ClNO-. The van der Waals surface area contributed by atoms with Crippen LogP contribution in [0.25, 0.3) is 0 Å². The molecular weight excluding hydrogens is 270 g/mol. The molecule has 0 aliphatic heterocycles. The molecule has 1 aliphatic rings. The third-order valence-electron chi connectivity index (χ3n) is 3.32. The molecule has 2 nitrogen and oxygen atoms in total. The molecule has 2 aromatic rings. The van der Waals surface area contributed by atoms with Gasteiger partial charge in [0.05, 0.1) is 0 Å². The molecule has 0 heterocycles. The molecule has 0 saturated heterocycles. The fourth-order valence-electron chi connectivity index (χ4n) is 2.04. The summed E-state index contributed by atoms with van der Waals surface area (Å²) < 4.78 is 5.83. The molecule has 0 radical (unpaired) electrons. The fourth-order valence-corrected chi connectivity index (χ4v) is 2.04. The first kappa shape index (κ1) is 14.9. The first-order chi connectivity index (χ1) is 9.40. The highest BCUT2D eigenvalue weighted by molar-refractivity contribution is 5.29. The van der Waals surface area contributed by atoms with Gasteiger partial charge >= 0.3 is 0 Å². The van der Waals surface area contributed by atoms with Crippen LogP contribution in [-0.4, -0.2) is 6.04 Å². The highest BCUT2D eigenvalue weighted by atomic mass is 35.5. The van der Waals surface area contributed by atoms with Gasteiger partial charge in [-0.3, -0.25) is 0 Å². The van der Waals surface area contributed by atoms with Crippen LogP contribution in [0, 0.1) is 0 Å². The van der Waals surface area contributed by atoms with E-state index in [-0.39, 0.29) is 12.4 Å². The molecule has 3 heteroatoms. The summed E-state index contributed by atoms with van der Waals surface area (Å²) in [6, 6.07) is 19.3. The van der Waals surface area contributed by atoms with E-state index in [4.69, 9.17) is 4.74 Å². The van der Waals surface area contributed by atoms with Gasteiger partial charge in [0.25, 0.3) is 0 Å². The second kappa shape index (κ2) is 7.32.